The van der Waals surface area contributed by atoms with E-state index in [1.54, 1.807) is 43.6 Å². The molecule has 10 heteroatoms. The highest BCUT2D eigenvalue weighted by atomic mass is 35.5. The largest absolute Gasteiger partial charge is 0.497 e. The lowest BCUT2D eigenvalue weighted by molar-refractivity contribution is 0.0697. The van der Waals surface area contributed by atoms with E-state index < -0.39 is 5.97 Å². The minimum Gasteiger partial charge on any atom is -0.497 e. The SMILES string of the molecule is COc1ccc2c(OCC(=N)n3nc(-c4ccc(C(=O)O)c(Cl)c4)ccc3=N)ccnc2c1. The molecule has 0 atom stereocenters. The molecule has 0 radical (unpaired) electrons. The Morgan fingerprint density at radius 3 is 2.70 bits per heavy atom. The van der Waals surface area contributed by atoms with Gasteiger partial charge in [-0.15, -0.1) is 0 Å². The van der Waals surface area contributed by atoms with E-state index in [9.17, 15) is 4.79 Å². The number of aromatic nitrogens is 3. The number of methoxy groups -OCH3 is 1. The zero-order valence-corrected chi connectivity index (χ0v) is 18.1. The molecule has 166 valence electrons. The third-order valence-corrected chi connectivity index (χ3v) is 5.17. The summed E-state index contributed by atoms with van der Waals surface area (Å²) in [6.07, 6.45) is 1.60. The van der Waals surface area contributed by atoms with Gasteiger partial charge in [0.15, 0.2) is 5.84 Å². The maximum Gasteiger partial charge on any atom is 0.337 e. The number of carboxylic acid groups (broad SMARTS) is 1. The summed E-state index contributed by atoms with van der Waals surface area (Å²) in [6, 6.07) is 14.6. The van der Waals surface area contributed by atoms with Crippen LogP contribution in [0.2, 0.25) is 5.02 Å². The lowest BCUT2D eigenvalue weighted by Crippen LogP contribution is -2.32. The average Bonchev–Trinajstić information content (AvgIpc) is 2.82. The Balaban J connectivity index is 1.58. The molecule has 0 fully saturated rings. The first kappa shape index (κ1) is 22.0. The molecular weight excluding hydrogens is 446 g/mol. The molecule has 9 nitrogen and oxygen atoms in total. The van der Waals surface area contributed by atoms with Crippen LogP contribution in [0.15, 0.2) is 60.8 Å². The normalized spacial score (nSPS) is 10.7. The van der Waals surface area contributed by atoms with Crippen molar-refractivity contribution in [3.63, 3.8) is 0 Å². The Morgan fingerprint density at radius 2 is 1.97 bits per heavy atom. The van der Waals surface area contributed by atoms with Crippen molar-refractivity contribution in [3.05, 3.63) is 76.9 Å². The van der Waals surface area contributed by atoms with Gasteiger partial charge in [-0.1, -0.05) is 17.7 Å². The second-order valence-electron chi connectivity index (χ2n) is 6.94. The van der Waals surface area contributed by atoms with Gasteiger partial charge in [-0.25, -0.2) is 4.79 Å². The van der Waals surface area contributed by atoms with E-state index >= 15 is 0 Å². The number of benzene rings is 2. The van der Waals surface area contributed by atoms with Crippen molar-refractivity contribution in [2.75, 3.05) is 13.7 Å². The number of hydrogen-bond acceptors (Lipinski definition) is 7. The first-order valence-electron chi connectivity index (χ1n) is 9.69. The van der Waals surface area contributed by atoms with Crippen LogP contribution in [0.3, 0.4) is 0 Å². The van der Waals surface area contributed by atoms with E-state index in [-0.39, 0.29) is 28.5 Å². The third-order valence-electron chi connectivity index (χ3n) is 4.86. The van der Waals surface area contributed by atoms with Gasteiger partial charge in [0.2, 0.25) is 0 Å². The van der Waals surface area contributed by atoms with Crippen LogP contribution in [-0.4, -0.2) is 45.4 Å². The number of hydrogen-bond donors (Lipinski definition) is 3. The molecule has 4 aromatic rings. The van der Waals surface area contributed by atoms with Gasteiger partial charge in [0.05, 0.1) is 28.9 Å². The van der Waals surface area contributed by atoms with Gasteiger partial charge >= 0.3 is 5.97 Å². The molecule has 3 N–H and O–H groups in total. The first-order valence-corrected chi connectivity index (χ1v) is 10.1. The van der Waals surface area contributed by atoms with Crippen LogP contribution < -0.4 is 15.0 Å². The molecule has 0 aliphatic carbocycles. The molecule has 0 aliphatic rings. The monoisotopic (exact) mass is 463 g/mol. The van der Waals surface area contributed by atoms with Crippen molar-refractivity contribution >= 4 is 34.3 Å². The van der Waals surface area contributed by atoms with Crippen LogP contribution in [0.4, 0.5) is 0 Å². The second kappa shape index (κ2) is 9.09. The first-order chi connectivity index (χ1) is 15.9. The van der Waals surface area contributed by atoms with Gasteiger partial charge in [0.25, 0.3) is 0 Å². The molecule has 0 spiro atoms. The van der Waals surface area contributed by atoms with Crippen LogP contribution >= 0.6 is 11.6 Å². The van der Waals surface area contributed by atoms with Crippen molar-refractivity contribution < 1.29 is 19.4 Å². The maximum atomic E-state index is 11.2. The number of rotatable bonds is 6. The van der Waals surface area contributed by atoms with Crippen LogP contribution in [0.25, 0.3) is 22.2 Å². The Kier molecular flexibility index (Phi) is 6.05. The minimum atomic E-state index is -1.13. The van der Waals surface area contributed by atoms with Gasteiger partial charge in [0, 0.05) is 23.2 Å². The van der Waals surface area contributed by atoms with E-state index in [1.807, 2.05) is 6.07 Å². The van der Waals surface area contributed by atoms with E-state index in [2.05, 4.69) is 10.1 Å². The fourth-order valence-electron chi connectivity index (χ4n) is 3.19. The highest BCUT2D eigenvalue weighted by Crippen LogP contribution is 2.27. The summed E-state index contributed by atoms with van der Waals surface area (Å²) in [5, 5.41) is 30.9. The van der Waals surface area contributed by atoms with Crippen LogP contribution in [0.5, 0.6) is 11.5 Å². The van der Waals surface area contributed by atoms with Crippen molar-refractivity contribution in [1.82, 2.24) is 14.8 Å². The molecule has 0 amide bonds. The summed E-state index contributed by atoms with van der Waals surface area (Å²) in [7, 11) is 1.58. The predicted molar refractivity (Wildman–Crippen MR) is 122 cm³/mol. The number of fused-ring (bicyclic) bond motifs is 1. The summed E-state index contributed by atoms with van der Waals surface area (Å²) < 4.78 is 12.2. The van der Waals surface area contributed by atoms with Crippen LogP contribution in [-0.2, 0) is 0 Å². The number of halogens is 1. The van der Waals surface area contributed by atoms with Gasteiger partial charge in [-0.2, -0.15) is 9.78 Å². The summed E-state index contributed by atoms with van der Waals surface area (Å²) in [5.74, 6) is 0.0178. The Morgan fingerprint density at radius 1 is 1.15 bits per heavy atom. The number of nitrogens with one attached hydrogen (secondary N) is 2. The quantitative estimate of drug-likeness (QED) is 0.294. The van der Waals surface area contributed by atoms with Gasteiger partial charge in [-0.3, -0.25) is 15.8 Å². The molecule has 0 bridgehead atoms. The number of nitrogens with zero attached hydrogens (tertiary/aromatic N) is 3. The summed E-state index contributed by atoms with van der Waals surface area (Å²) >= 11 is 6.06. The molecule has 33 heavy (non-hydrogen) atoms. The highest BCUT2D eigenvalue weighted by molar-refractivity contribution is 6.33. The van der Waals surface area contributed by atoms with Crippen molar-refractivity contribution in [3.8, 4) is 22.8 Å². The summed E-state index contributed by atoms with van der Waals surface area (Å²) in [4.78, 5) is 15.5. The highest BCUT2D eigenvalue weighted by Gasteiger charge is 2.13. The third kappa shape index (κ3) is 4.53. The molecule has 2 aromatic carbocycles. The summed E-state index contributed by atoms with van der Waals surface area (Å²) in [6.45, 7) is -0.142. The standard InChI is InChI=1S/C23H18ClN5O4/c1-32-14-3-5-16-19(11-14)27-9-8-20(16)33-12-22(26)29-21(25)7-6-18(28-29)13-2-4-15(23(30)31)17(24)10-13/h2-11,25-26H,12H2,1H3,(H,30,31). The van der Waals surface area contributed by atoms with Crippen molar-refractivity contribution in [1.29, 1.82) is 10.8 Å². The van der Waals surface area contributed by atoms with E-state index in [0.717, 1.165) is 10.1 Å². The molecule has 0 saturated carbocycles. The minimum absolute atomic E-state index is 0.00933. The molecule has 0 unspecified atom stereocenters. The molecule has 4 rings (SSSR count). The number of ether oxygens (including phenoxy) is 2. The maximum absolute atomic E-state index is 11.2. The molecular formula is C23H18ClN5O4. The lowest BCUT2D eigenvalue weighted by atomic mass is 10.1. The molecule has 2 aromatic heterocycles. The smallest absolute Gasteiger partial charge is 0.337 e. The van der Waals surface area contributed by atoms with E-state index in [1.165, 1.54) is 18.2 Å². The number of carbonyl (C=O) groups is 1. The fourth-order valence-corrected chi connectivity index (χ4v) is 3.45. The Labute approximate surface area is 192 Å². The number of aromatic carboxylic acids is 1. The zero-order valence-electron chi connectivity index (χ0n) is 17.4. The average molecular weight is 464 g/mol. The van der Waals surface area contributed by atoms with Crippen LogP contribution in [0.1, 0.15) is 10.4 Å². The van der Waals surface area contributed by atoms with Crippen molar-refractivity contribution in [2.45, 2.75) is 0 Å². The van der Waals surface area contributed by atoms with Gasteiger partial charge < -0.3 is 14.6 Å². The lowest BCUT2D eigenvalue weighted by Gasteiger charge is -2.13. The van der Waals surface area contributed by atoms with E-state index in [0.29, 0.717) is 28.3 Å². The van der Waals surface area contributed by atoms with Gasteiger partial charge in [0.1, 0.15) is 23.6 Å². The fraction of sp³-hybridized carbons (Fsp3) is 0.0870. The van der Waals surface area contributed by atoms with Crippen LogP contribution in [0, 0.1) is 10.8 Å². The zero-order chi connectivity index (χ0) is 23.5. The van der Waals surface area contributed by atoms with Crippen molar-refractivity contribution in [2.24, 2.45) is 0 Å². The second-order valence-corrected chi connectivity index (χ2v) is 7.35. The molecule has 0 aliphatic heterocycles. The number of pyridine rings is 1. The predicted octanol–water partition coefficient (Wildman–Crippen LogP) is 3.84. The number of carboxylic acids is 1. The topological polar surface area (TPSA) is 134 Å². The molecule has 0 saturated heterocycles. The molecule has 2 heterocycles. The van der Waals surface area contributed by atoms with Gasteiger partial charge in [-0.05, 0) is 42.5 Å². The Bertz CT molecular complexity index is 1450. The van der Waals surface area contributed by atoms with E-state index in [4.69, 9.17) is 37.0 Å². The Hall–Kier alpha value is -4.24. The summed E-state index contributed by atoms with van der Waals surface area (Å²) in [5.41, 5.74) is 1.64.